The van der Waals surface area contributed by atoms with E-state index >= 15 is 0 Å². The molecule has 0 spiro atoms. The lowest BCUT2D eigenvalue weighted by molar-refractivity contribution is -0.127. The van der Waals surface area contributed by atoms with Crippen LogP contribution >= 0.6 is 11.8 Å². The van der Waals surface area contributed by atoms with Gasteiger partial charge in [0.05, 0.1) is 5.75 Å². The first-order chi connectivity index (χ1) is 13.5. The molecule has 9 heteroatoms. The molecule has 0 saturated heterocycles. The number of carbonyl (C=O) groups excluding carboxylic acids is 2. The number of allylic oxidation sites excluding steroid dienone is 1. The summed E-state index contributed by atoms with van der Waals surface area (Å²) in [6.07, 6.45) is 2.53. The third-order valence-corrected chi connectivity index (χ3v) is 4.75. The third-order valence-electron chi connectivity index (χ3n) is 3.78. The maximum absolute atomic E-state index is 13.2. The number of halogens is 1. The first kappa shape index (κ1) is 21.6. The fraction of sp³-hybridized carbons (Fsp3) is 0.368. The zero-order chi connectivity index (χ0) is 20.5. The van der Waals surface area contributed by atoms with Gasteiger partial charge in [-0.2, -0.15) is 0 Å². The molecule has 1 atom stereocenters. The van der Waals surface area contributed by atoms with Gasteiger partial charge in [-0.1, -0.05) is 24.8 Å². The number of rotatable bonds is 10. The van der Waals surface area contributed by atoms with Gasteiger partial charge in [-0.3, -0.25) is 14.2 Å². The quantitative estimate of drug-likeness (QED) is 0.468. The zero-order valence-electron chi connectivity index (χ0n) is 15.9. The third kappa shape index (κ3) is 5.91. The predicted octanol–water partition coefficient (Wildman–Crippen LogP) is 2.39. The van der Waals surface area contributed by atoms with Gasteiger partial charge in [-0.25, -0.2) is 4.39 Å². The fourth-order valence-corrected chi connectivity index (χ4v) is 3.14. The van der Waals surface area contributed by atoms with Gasteiger partial charge in [0.15, 0.2) is 11.0 Å². The van der Waals surface area contributed by atoms with Crippen molar-refractivity contribution in [3.05, 3.63) is 42.7 Å². The average molecular weight is 405 g/mol. The summed E-state index contributed by atoms with van der Waals surface area (Å²) >= 11 is 1.21. The number of aromatic nitrogens is 3. The van der Waals surface area contributed by atoms with Crippen LogP contribution < -0.4 is 10.6 Å². The Morgan fingerprint density at radius 1 is 1.32 bits per heavy atom. The second kappa shape index (κ2) is 10.6. The van der Waals surface area contributed by atoms with Crippen LogP contribution in [-0.2, 0) is 16.1 Å². The Balaban J connectivity index is 2.02. The van der Waals surface area contributed by atoms with Crippen molar-refractivity contribution in [2.45, 2.75) is 38.0 Å². The molecule has 1 heterocycles. The van der Waals surface area contributed by atoms with E-state index < -0.39 is 6.04 Å². The van der Waals surface area contributed by atoms with Gasteiger partial charge in [0.2, 0.25) is 11.8 Å². The number of benzene rings is 1. The highest BCUT2D eigenvalue weighted by Crippen LogP contribution is 2.24. The minimum Gasteiger partial charge on any atom is -0.354 e. The Morgan fingerprint density at radius 2 is 2.04 bits per heavy atom. The van der Waals surface area contributed by atoms with Gasteiger partial charge in [0, 0.05) is 18.7 Å². The Morgan fingerprint density at radius 3 is 2.68 bits per heavy atom. The van der Waals surface area contributed by atoms with Gasteiger partial charge in [-0.05, 0) is 37.6 Å². The molecule has 1 aromatic heterocycles. The molecular weight excluding hydrogens is 381 g/mol. The molecule has 0 unspecified atom stereocenters. The number of hydrogen-bond donors (Lipinski definition) is 2. The summed E-state index contributed by atoms with van der Waals surface area (Å²) in [5.41, 5.74) is 0.716. The van der Waals surface area contributed by atoms with Gasteiger partial charge in [0.1, 0.15) is 11.9 Å². The minimum absolute atomic E-state index is 0.0874. The van der Waals surface area contributed by atoms with E-state index in [0.29, 0.717) is 29.6 Å². The summed E-state index contributed by atoms with van der Waals surface area (Å²) < 4.78 is 15.0. The van der Waals surface area contributed by atoms with Crippen LogP contribution in [0.4, 0.5) is 4.39 Å². The van der Waals surface area contributed by atoms with Crippen molar-refractivity contribution in [2.24, 2.45) is 0 Å². The van der Waals surface area contributed by atoms with E-state index in [1.165, 1.54) is 23.9 Å². The van der Waals surface area contributed by atoms with Gasteiger partial charge >= 0.3 is 0 Å². The number of hydrogen-bond acceptors (Lipinski definition) is 5. The molecule has 0 saturated carbocycles. The van der Waals surface area contributed by atoms with Crippen LogP contribution in [0.25, 0.3) is 11.4 Å². The highest BCUT2D eigenvalue weighted by molar-refractivity contribution is 7.99. The summed E-state index contributed by atoms with van der Waals surface area (Å²) in [6, 6.07) is 5.34. The molecule has 2 rings (SSSR count). The van der Waals surface area contributed by atoms with Crippen molar-refractivity contribution < 1.29 is 14.0 Å². The second-order valence-electron chi connectivity index (χ2n) is 6.08. The van der Waals surface area contributed by atoms with E-state index in [4.69, 9.17) is 0 Å². The largest absolute Gasteiger partial charge is 0.354 e. The van der Waals surface area contributed by atoms with Crippen molar-refractivity contribution in [3.8, 4) is 11.4 Å². The maximum atomic E-state index is 13.2. The van der Waals surface area contributed by atoms with Crippen LogP contribution in [0.3, 0.4) is 0 Å². The molecule has 2 N–H and O–H groups in total. The smallest absolute Gasteiger partial charge is 0.242 e. The normalized spacial score (nSPS) is 11.7. The van der Waals surface area contributed by atoms with Gasteiger partial charge in [0.25, 0.3) is 0 Å². The predicted molar refractivity (Wildman–Crippen MR) is 107 cm³/mol. The average Bonchev–Trinajstić information content (AvgIpc) is 3.08. The molecule has 28 heavy (non-hydrogen) atoms. The van der Waals surface area contributed by atoms with E-state index in [1.807, 2.05) is 6.92 Å². The zero-order valence-corrected chi connectivity index (χ0v) is 16.8. The van der Waals surface area contributed by atoms with E-state index in [2.05, 4.69) is 27.4 Å². The van der Waals surface area contributed by atoms with Crippen LogP contribution in [0, 0.1) is 5.82 Å². The van der Waals surface area contributed by atoms with E-state index in [9.17, 15) is 14.0 Å². The topological polar surface area (TPSA) is 88.9 Å². The van der Waals surface area contributed by atoms with Crippen LogP contribution in [0.15, 0.2) is 42.1 Å². The molecule has 150 valence electrons. The van der Waals surface area contributed by atoms with Crippen LogP contribution in [0.5, 0.6) is 0 Å². The molecule has 0 radical (unpaired) electrons. The fourth-order valence-electron chi connectivity index (χ4n) is 2.38. The van der Waals surface area contributed by atoms with Gasteiger partial charge in [-0.15, -0.1) is 16.8 Å². The molecule has 1 aromatic carbocycles. The lowest BCUT2D eigenvalue weighted by atomic mass is 10.2. The van der Waals surface area contributed by atoms with Crippen molar-refractivity contribution in [1.82, 2.24) is 25.4 Å². The summed E-state index contributed by atoms with van der Waals surface area (Å²) in [5.74, 6) is -0.171. The summed E-state index contributed by atoms with van der Waals surface area (Å²) in [4.78, 5) is 24.0. The van der Waals surface area contributed by atoms with Crippen molar-refractivity contribution in [3.63, 3.8) is 0 Å². The standard InChI is InChI=1S/C19H24FN5O2S/c1-4-10-21-18(27)13(3)22-16(26)12-28-19-24-23-17(25(19)11-5-2)14-6-8-15(20)9-7-14/h5-9,13H,2,4,10-12H2,1,3H3,(H,21,27)(H,22,26)/t13-/m1/s1. The molecule has 0 aliphatic rings. The Kier molecular flexibility index (Phi) is 8.19. The Bertz CT molecular complexity index is 822. The van der Waals surface area contributed by atoms with E-state index in [0.717, 1.165) is 6.42 Å². The summed E-state index contributed by atoms with van der Waals surface area (Å²) in [6.45, 7) is 8.35. The van der Waals surface area contributed by atoms with Crippen LogP contribution in [-0.4, -0.2) is 44.9 Å². The summed E-state index contributed by atoms with van der Waals surface area (Å²) in [5, 5.41) is 14.2. The lowest BCUT2D eigenvalue weighted by Crippen LogP contribution is -2.45. The monoisotopic (exact) mass is 405 g/mol. The van der Waals surface area contributed by atoms with Crippen molar-refractivity contribution in [1.29, 1.82) is 0 Å². The molecular formula is C19H24FN5O2S. The highest BCUT2D eigenvalue weighted by Gasteiger charge is 2.18. The number of amides is 2. The van der Waals surface area contributed by atoms with Crippen molar-refractivity contribution in [2.75, 3.05) is 12.3 Å². The minimum atomic E-state index is -0.611. The van der Waals surface area contributed by atoms with Crippen molar-refractivity contribution >= 4 is 23.6 Å². The van der Waals surface area contributed by atoms with E-state index in [-0.39, 0.29) is 23.4 Å². The summed E-state index contributed by atoms with van der Waals surface area (Å²) in [7, 11) is 0. The van der Waals surface area contributed by atoms with Gasteiger partial charge < -0.3 is 10.6 Å². The molecule has 7 nitrogen and oxygen atoms in total. The number of nitrogens with zero attached hydrogens (tertiary/aromatic N) is 3. The number of thioether (sulfide) groups is 1. The van der Waals surface area contributed by atoms with Crippen LogP contribution in [0.2, 0.25) is 0 Å². The molecule has 0 fully saturated rings. The molecule has 0 aliphatic heterocycles. The van der Waals surface area contributed by atoms with Crippen LogP contribution in [0.1, 0.15) is 20.3 Å². The van der Waals surface area contributed by atoms with E-state index in [1.54, 1.807) is 29.7 Å². The highest BCUT2D eigenvalue weighted by atomic mass is 32.2. The molecule has 0 aliphatic carbocycles. The maximum Gasteiger partial charge on any atom is 0.242 e. The number of nitrogens with one attached hydrogen (secondary N) is 2. The molecule has 2 amide bonds. The lowest BCUT2D eigenvalue weighted by Gasteiger charge is -2.13. The SMILES string of the molecule is C=CCn1c(SCC(=O)N[C@H](C)C(=O)NCCC)nnc1-c1ccc(F)cc1. The number of carbonyl (C=O) groups is 2. The first-order valence-electron chi connectivity index (χ1n) is 8.96. The first-order valence-corrected chi connectivity index (χ1v) is 9.94. The molecule has 2 aromatic rings. The Hall–Kier alpha value is -2.68. The second-order valence-corrected chi connectivity index (χ2v) is 7.02. The Labute approximate surface area is 167 Å². The molecule has 0 bridgehead atoms.